The van der Waals surface area contributed by atoms with Crippen LogP contribution in [0.4, 0.5) is 11.6 Å². The number of carbonyl (C=O) groups excluding carboxylic acids is 2. The fourth-order valence-electron chi connectivity index (χ4n) is 3.60. The van der Waals surface area contributed by atoms with E-state index in [-0.39, 0.29) is 11.7 Å². The molecule has 0 saturated carbocycles. The number of nitrogens with zero attached hydrogens (tertiary/aromatic N) is 1. The van der Waals surface area contributed by atoms with Crippen LogP contribution in [0.2, 0.25) is 0 Å². The number of benzene rings is 3. The Morgan fingerprint density at radius 3 is 2.44 bits per heavy atom. The summed E-state index contributed by atoms with van der Waals surface area (Å²) in [6.45, 7) is 0.654. The molecular weight excluding hydrogens is 400 g/mol. The Hall–Kier alpha value is -3.93. The van der Waals surface area contributed by atoms with E-state index in [1.165, 1.54) is 0 Å². The molecule has 6 nitrogen and oxygen atoms in total. The summed E-state index contributed by atoms with van der Waals surface area (Å²) in [7, 11) is 0. The number of fused-ring (bicyclic) bond motifs is 1. The standard InChI is InChI=1S/C26H26N4O2/c31-21(12-8-16-27-26-29-23-14-6-7-15-24(23)30-26)18-20-11-4-5-13-22(20)28-25(32)17-19-9-2-1-3-10-19/h1-7,9-11,13-15H,8,12,16-18H2,(H,28,32)(H2,27,29,30). The Balaban J connectivity index is 1.25. The van der Waals surface area contributed by atoms with Crippen LogP contribution in [0.25, 0.3) is 11.0 Å². The monoisotopic (exact) mass is 426 g/mol. The Morgan fingerprint density at radius 1 is 0.844 bits per heavy atom. The maximum atomic E-state index is 12.5. The van der Waals surface area contributed by atoms with Crippen molar-refractivity contribution in [2.24, 2.45) is 0 Å². The molecule has 3 aromatic carbocycles. The van der Waals surface area contributed by atoms with Crippen LogP contribution in [0, 0.1) is 0 Å². The van der Waals surface area contributed by atoms with Gasteiger partial charge in [0, 0.05) is 25.1 Å². The summed E-state index contributed by atoms with van der Waals surface area (Å²) in [4.78, 5) is 32.6. The molecule has 0 bridgehead atoms. The van der Waals surface area contributed by atoms with E-state index < -0.39 is 0 Å². The highest BCUT2D eigenvalue weighted by atomic mass is 16.1. The first-order chi connectivity index (χ1) is 15.7. The SMILES string of the molecule is O=C(CCCNc1nc2ccccc2[nH]1)Cc1ccccc1NC(=O)Cc1ccccc1. The maximum Gasteiger partial charge on any atom is 0.228 e. The van der Waals surface area contributed by atoms with Gasteiger partial charge in [-0.05, 0) is 35.7 Å². The van der Waals surface area contributed by atoms with Gasteiger partial charge in [0.25, 0.3) is 0 Å². The molecule has 0 saturated heterocycles. The average Bonchev–Trinajstić information content (AvgIpc) is 3.22. The summed E-state index contributed by atoms with van der Waals surface area (Å²) in [6.07, 6.45) is 1.76. The molecule has 1 aromatic heterocycles. The molecule has 4 rings (SSSR count). The summed E-state index contributed by atoms with van der Waals surface area (Å²) in [5, 5.41) is 6.19. The van der Waals surface area contributed by atoms with E-state index in [1.54, 1.807) is 0 Å². The molecule has 1 heterocycles. The third-order valence-corrected chi connectivity index (χ3v) is 5.20. The van der Waals surface area contributed by atoms with Gasteiger partial charge in [-0.1, -0.05) is 60.7 Å². The number of para-hydroxylation sites is 3. The zero-order valence-electron chi connectivity index (χ0n) is 17.8. The maximum absolute atomic E-state index is 12.5. The molecule has 32 heavy (non-hydrogen) atoms. The van der Waals surface area contributed by atoms with Crippen LogP contribution in [-0.4, -0.2) is 28.2 Å². The largest absolute Gasteiger partial charge is 0.356 e. The van der Waals surface area contributed by atoms with Crippen molar-refractivity contribution in [3.05, 3.63) is 90.0 Å². The second-order valence-electron chi connectivity index (χ2n) is 7.72. The van der Waals surface area contributed by atoms with Crippen molar-refractivity contribution in [1.82, 2.24) is 9.97 Å². The molecule has 0 unspecified atom stereocenters. The van der Waals surface area contributed by atoms with E-state index in [0.717, 1.165) is 22.2 Å². The number of anilines is 2. The third kappa shape index (κ3) is 5.82. The minimum Gasteiger partial charge on any atom is -0.356 e. The van der Waals surface area contributed by atoms with E-state index in [9.17, 15) is 9.59 Å². The normalized spacial score (nSPS) is 10.8. The van der Waals surface area contributed by atoms with Crippen molar-refractivity contribution in [3.63, 3.8) is 0 Å². The van der Waals surface area contributed by atoms with Crippen LogP contribution in [0.5, 0.6) is 0 Å². The van der Waals surface area contributed by atoms with Crippen LogP contribution in [0.3, 0.4) is 0 Å². The van der Waals surface area contributed by atoms with Crippen LogP contribution in [0.15, 0.2) is 78.9 Å². The molecule has 6 heteroatoms. The summed E-state index contributed by atoms with van der Waals surface area (Å²) >= 11 is 0. The molecule has 3 N–H and O–H groups in total. The third-order valence-electron chi connectivity index (χ3n) is 5.20. The van der Waals surface area contributed by atoms with Gasteiger partial charge in [-0.2, -0.15) is 0 Å². The number of carbonyl (C=O) groups is 2. The van der Waals surface area contributed by atoms with Gasteiger partial charge < -0.3 is 15.6 Å². The first-order valence-electron chi connectivity index (χ1n) is 10.8. The van der Waals surface area contributed by atoms with E-state index in [0.29, 0.717) is 43.9 Å². The average molecular weight is 427 g/mol. The Labute approximate surface area is 187 Å². The number of nitrogens with one attached hydrogen (secondary N) is 3. The molecule has 1 amide bonds. The Kier molecular flexibility index (Phi) is 6.92. The number of aromatic amines is 1. The highest BCUT2D eigenvalue weighted by Gasteiger charge is 2.11. The van der Waals surface area contributed by atoms with E-state index in [4.69, 9.17) is 0 Å². The topological polar surface area (TPSA) is 86.9 Å². The predicted octanol–water partition coefficient (Wildman–Crippen LogP) is 4.75. The van der Waals surface area contributed by atoms with Crippen molar-refractivity contribution in [2.45, 2.75) is 25.7 Å². The van der Waals surface area contributed by atoms with E-state index >= 15 is 0 Å². The van der Waals surface area contributed by atoms with Gasteiger partial charge in [-0.3, -0.25) is 9.59 Å². The first kappa shape index (κ1) is 21.3. The summed E-state index contributed by atoms with van der Waals surface area (Å²) < 4.78 is 0. The van der Waals surface area contributed by atoms with Crippen LogP contribution < -0.4 is 10.6 Å². The predicted molar refractivity (Wildman–Crippen MR) is 128 cm³/mol. The second-order valence-corrected chi connectivity index (χ2v) is 7.72. The van der Waals surface area contributed by atoms with Gasteiger partial charge in [-0.25, -0.2) is 4.98 Å². The van der Waals surface area contributed by atoms with Crippen LogP contribution >= 0.6 is 0 Å². The van der Waals surface area contributed by atoms with Crippen molar-refractivity contribution in [1.29, 1.82) is 0 Å². The van der Waals surface area contributed by atoms with E-state index in [1.807, 2.05) is 78.9 Å². The molecule has 0 aliphatic rings. The van der Waals surface area contributed by atoms with Gasteiger partial charge in [-0.15, -0.1) is 0 Å². The first-order valence-corrected chi connectivity index (χ1v) is 10.8. The number of amides is 1. The number of ketones is 1. The fraction of sp³-hybridized carbons (Fsp3) is 0.192. The molecule has 4 aromatic rings. The lowest BCUT2D eigenvalue weighted by Crippen LogP contribution is -2.16. The number of imidazole rings is 1. The fourth-order valence-corrected chi connectivity index (χ4v) is 3.60. The lowest BCUT2D eigenvalue weighted by atomic mass is 10.0. The summed E-state index contributed by atoms with van der Waals surface area (Å²) in [5.74, 6) is 0.762. The molecular formula is C26H26N4O2. The lowest BCUT2D eigenvalue weighted by Gasteiger charge is -2.11. The molecule has 162 valence electrons. The molecule has 0 atom stereocenters. The number of aromatic nitrogens is 2. The molecule has 0 aliphatic heterocycles. The van der Waals surface area contributed by atoms with Crippen molar-refractivity contribution in [2.75, 3.05) is 17.2 Å². The van der Waals surface area contributed by atoms with Gasteiger partial charge in [0.1, 0.15) is 5.78 Å². The smallest absolute Gasteiger partial charge is 0.228 e. The van der Waals surface area contributed by atoms with Gasteiger partial charge in [0.05, 0.1) is 17.5 Å². The van der Waals surface area contributed by atoms with Crippen molar-refractivity contribution >= 4 is 34.4 Å². The number of H-pyrrole nitrogens is 1. The lowest BCUT2D eigenvalue weighted by molar-refractivity contribution is -0.118. The molecule has 0 radical (unpaired) electrons. The van der Waals surface area contributed by atoms with Gasteiger partial charge in [0.15, 0.2) is 0 Å². The summed E-state index contributed by atoms with van der Waals surface area (Å²) in [6, 6.07) is 24.9. The van der Waals surface area contributed by atoms with E-state index in [2.05, 4.69) is 20.6 Å². The van der Waals surface area contributed by atoms with Crippen LogP contribution in [-0.2, 0) is 22.4 Å². The highest BCUT2D eigenvalue weighted by molar-refractivity contribution is 5.94. The van der Waals surface area contributed by atoms with Gasteiger partial charge in [0.2, 0.25) is 11.9 Å². The summed E-state index contributed by atoms with van der Waals surface area (Å²) in [5.41, 5.74) is 4.39. The van der Waals surface area contributed by atoms with Crippen molar-refractivity contribution in [3.8, 4) is 0 Å². The number of hydrogen-bond donors (Lipinski definition) is 3. The minimum absolute atomic E-state index is 0.0915. The Morgan fingerprint density at radius 2 is 1.59 bits per heavy atom. The zero-order chi connectivity index (χ0) is 22.2. The molecule has 0 fully saturated rings. The number of rotatable bonds is 10. The second kappa shape index (κ2) is 10.4. The van der Waals surface area contributed by atoms with Crippen molar-refractivity contribution < 1.29 is 9.59 Å². The number of Topliss-reactive ketones (excluding diaryl/α,β-unsaturated/α-hetero) is 1. The van der Waals surface area contributed by atoms with Crippen LogP contribution in [0.1, 0.15) is 24.0 Å². The highest BCUT2D eigenvalue weighted by Crippen LogP contribution is 2.18. The quantitative estimate of drug-likeness (QED) is 0.320. The Bertz CT molecular complexity index is 1170. The minimum atomic E-state index is -0.0915. The number of hydrogen-bond acceptors (Lipinski definition) is 4. The molecule has 0 spiro atoms. The zero-order valence-corrected chi connectivity index (χ0v) is 17.8. The molecule has 0 aliphatic carbocycles. The van der Waals surface area contributed by atoms with Gasteiger partial charge >= 0.3 is 0 Å².